The Labute approximate surface area is 178 Å². The molecule has 1 unspecified atom stereocenters. The first-order valence-electron chi connectivity index (χ1n) is 9.66. The fourth-order valence-corrected chi connectivity index (χ4v) is 4.13. The van der Waals surface area contributed by atoms with E-state index >= 15 is 0 Å². The molecule has 0 bridgehead atoms. The van der Waals surface area contributed by atoms with Crippen molar-refractivity contribution in [2.24, 2.45) is 5.92 Å². The first kappa shape index (κ1) is 23.4. The van der Waals surface area contributed by atoms with Crippen LogP contribution in [0.3, 0.4) is 0 Å². The van der Waals surface area contributed by atoms with Crippen molar-refractivity contribution < 1.29 is 22.7 Å². The third kappa shape index (κ3) is 5.60. The van der Waals surface area contributed by atoms with Crippen molar-refractivity contribution in [3.63, 3.8) is 0 Å². The Balaban J connectivity index is 2.33. The summed E-state index contributed by atoms with van der Waals surface area (Å²) in [6, 6.07) is 11.5. The molecule has 2 aromatic carbocycles. The topological polar surface area (TPSA) is 92.8 Å². The Bertz CT molecular complexity index is 1030. The number of carbonyl (C=O) groups is 2. The number of hydrogen-bond acceptors (Lipinski definition) is 5. The van der Waals surface area contributed by atoms with E-state index in [2.05, 4.69) is 4.72 Å². The van der Waals surface area contributed by atoms with Gasteiger partial charge in [0.15, 0.2) is 0 Å². The lowest BCUT2D eigenvalue weighted by molar-refractivity contribution is -0.145. The molecule has 1 atom stereocenters. The predicted octanol–water partition coefficient (Wildman–Crippen LogP) is 3.38. The molecule has 0 aliphatic rings. The molecule has 0 spiro atoms. The highest BCUT2D eigenvalue weighted by atomic mass is 32.2. The third-order valence-corrected chi connectivity index (χ3v) is 6.17. The Morgan fingerprint density at radius 2 is 1.83 bits per heavy atom. The number of carbonyl (C=O) groups excluding carboxylic acids is 2. The number of anilines is 1. The molecular formula is C22H28N2O5S. The van der Waals surface area contributed by atoms with Crippen LogP contribution in [-0.4, -0.2) is 45.4 Å². The zero-order chi connectivity index (χ0) is 22.5. The van der Waals surface area contributed by atoms with Gasteiger partial charge in [-0.05, 0) is 56.2 Å². The lowest BCUT2D eigenvalue weighted by Gasteiger charge is -2.24. The van der Waals surface area contributed by atoms with E-state index in [1.165, 1.54) is 24.1 Å². The second-order valence-electron chi connectivity index (χ2n) is 7.22. The van der Waals surface area contributed by atoms with Gasteiger partial charge >= 0.3 is 5.97 Å². The smallest absolute Gasteiger partial charge is 0.310 e. The summed E-state index contributed by atoms with van der Waals surface area (Å²) >= 11 is 0. The number of hydrogen-bond donors (Lipinski definition) is 1. The van der Waals surface area contributed by atoms with E-state index in [0.717, 1.165) is 5.56 Å². The van der Waals surface area contributed by atoms with Crippen molar-refractivity contribution >= 4 is 27.6 Å². The van der Waals surface area contributed by atoms with Crippen LogP contribution in [-0.2, 0) is 19.6 Å². The largest absolute Gasteiger partial charge is 0.469 e. The predicted molar refractivity (Wildman–Crippen MR) is 116 cm³/mol. The van der Waals surface area contributed by atoms with Crippen molar-refractivity contribution in [2.75, 3.05) is 24.9 Å². The summed E-state index contributed by atoms with van der Waals surface area (Å²) in [5.41, 5.74) is 2.30. The van der Waals surface area contributed by atoms with Gasteiger partial charge in [-0.3, -0.25) is 14.3 Å². The molecule has 0 aromatic heterocycles. The van der Waals surface area contributed by atoms with Crippen LogP contribution in [0.2, 0.25) is 0 Å². The highest BCUT2D eigenvalue weighted by molar-refractivity contribution is 7.92. The lowest BCUT2D eigenvalue weighted by atomic mass is 10.1. The second kappa shape index (κ2) is 9.75. The third-order valence-electron chi connectivity index (χ3n) is 4.79. The van der Waals surface area contributed by atoms with Gasteiger partial charge in [0.1, 0.15) is 0 Å². The van der Waals surface area contributed by atoms with Crippen LogP contribution < -0.4 is 4.72 Å². The number of esters is 1. The Morgan fingerprint density at radius 1 is 1.13 bits per heavy atom. The molecule has 7 nitrogen and oxygen atoms in total. The highest BCUT2D eigenvalue weighted by Crippen LogP contribution is 2.21. The molecule has 30 heavy (non-hydrogen) atoms. The molecule has 0 aliphatic carbocycles. The van der Waals surface area contributed by atoms with Crippen molar-refractivity contribution in [3.05, 3.63) is 59.2 Å². The summed E-state index contributed by atoms with van der Waals surface area (Å²) in [5, 5.41) is 0. The lowest BCUT2D eigenvalue weighted by Crippen LogP contribution is -2.37. The van der Waals surface area contributed by atoms with E-state index in [9.17, 15) is 18.0 Å². The number of rotatable bonds is 8. The highest BCUT2D eigenvalue weighted by Gasteiger charge is 2.24. The average molecular weight is 433 g/mol. The average Bonchev–Trinajstić information content (AvgIpc) is 2.70. The fraction of sp³-hybridized carbons (Fsp3) is 0.364. The van der Waals surface area contributed by atoms with Crippen LogP contribution in [0, 0.1) is 19.8 Å². The summed E-state index contributed by atoms with van der Waals surface area (Å²) in [5.74, 6) is -1.23. The molecule has 0 saturated heterocycles. The molecule has 0 saturated carbocycles. The Kier molecular flexibility index (Phi) is 7.61. The molecular weight excluding hydrogens is 404 g/mol. The summed E-state index contributed by atoms with van der Waals surface area (Å²) in [4.78, 5) is 26.3. The molecule has 1 amide bonds. The van der Waals surface area contributed by atoms with E-state index in [-0.39, 0.29) is 22.9 Å². The van der Waals surface area contributed by atoms with Crippen molar-refractivity contribution in [2.45, 2.75) is 32.6 Å². The van der Waals surface area contributed by atoms with Gasteiger partial charge in [0.2, 0.25) is 0 Å². The van der Waals surface area contributed by atoms with Gasteiger partial charge in [-0.15, -0.1) is 0 Å². The molecule has 162 valence electrons. The number of methoxy groups -OCH3 is 1. The standard InChI is InChI=1S/C22H28N2O5S/c1-6-24(14-17(4)22(26)29-5)21(25)20-13-19(11-10-16(20)3)30(27,28)23-18-9-7-8-15(2)12-18/h7-13,17,23H,6,14H2,1-5H3. The van der Waals surface area contributed by atoms with Crippen molar-refractivity contribution in [3.8, 4) is 0 Å². The maximum atomic E-state index is 13.1. The van der Waals surface area contributed by atoms with Gasteiger partial charge in [-0.2, -0.15) is 0 Å². The van der Waals surface area contributed by atoms with Crippen molar-refractivity contribution in [1.82, 2.24) is 4.90 Å². The maximum absolute atomic E-state index is 13.1. The minimum atomic E-state index is -3.87. The van der Waals surface area contributed by atoms with E-state index < -0.39 is 21.9 Å². The molecule has 8 heteroatoms. The first-order valence-corrected chi connectivity index (χ1v) is 11.1. The number of aryl methyl sites for hydroxylation is 2. The minimum absolute atomic E-state index is 0.00461. The van der Waals surface area contributed by atoms with Crippen molar-refractivity contribution in [1.29, 1.82) is 0 Å². The van der Waals surface area contributed by atoms with E-state index in [0.29, 0.717) is 17.8 Å². The molecule has 0 fully saturated rings. The van der Waals surface area contributed by atoms with Crippen LogP contribution in [0.4, 0.5) is 5.69 Å². The van der Waals surface area contributed by atoms with Gasteiger partial charge in [-0.1, -0.05) is 25.1 Å². The van der Waals surface area contributed by atoms with E-state index in [1.54, 1.807) is 45.0 Å². The SMILES string of the molecule is CCN(CC(C)C(=O)OC)C(=O)c1cc(S(=O)(=O)Nc2cccc(C)c2)ccc1C. The van der Waals surface area contributed by atoms with Crippen LogP contribution in [0.5, 0.6) is 0 Å². The van der Waals surface area contributed by atoms with Gasteiger partial charge in [-0.25, -0.2) is 8.42 Å². The monoisotopic (exact) mass is 432 g/mol. The minimum Gasteiger partial charge on any atom is -0.469 e. The zero-order valence-corrected chi connectivity index (χ0v) is 18.7. The molecule has 0 heterocycles. The summed E-state index contributed by atoms with van der Waals surface area (Å²) in [7, 11) is -2.57. The van der Waals surface area contributed by atoms with Gasteiger partial charge < -0.3 is 9.64 Å². The Hall–Kier alpha value is -2.87. The summed E-state index contributed by atoms with van der Waals surface area (Å²) < 4.78 is 33.0. The first-order chi connectivity index (χ1) is 14.1. The molecule has 0 radical (unpaired) electrons. The second-order valence-corrected chi connectivity index (χ2v) is 8.90. The quantitative estimate of drug-likeness (QED) is 0.646. The van der Waals surface area contributed by atoms with Gasteiger partial charge in [0, 0.05) is 24.3 Å². The number of sulfonamides is 1. The van der Waals surface area contributed by atoms with Gasteiger partial charge in [0.05, 0.1) is 17.9 Å². The Morgan fingerprint density at radius 3 is 2.43 bits per heavy atom. The zero-order valence-electron chi connectivity index (χ0n) is 17.9. The molecule has 2 rings (SSSR count). The van der Waals surface area contributed by atoms with E-state index in [1.807, 2.05) is 13.0 Å². The number of nitrogens with zero attached hydrogens (tertiary/aromatic N) is 1. The number of benzene rings is 2. The van der Waals surface area contributed by atoms with Gasteiger partial charge in [0.25, 0.3) is 15.9 Å². The van der Waals surface area contributed by atoms with Crippen LogP contribution in [0.25, 0.3) is 0 Å². The summed E-state index contributed by atoms with van der Waals surface area (Å²) in [6.07, 6.45) is 0. The van der Waals surface area contributed by atoms with E-state index in [4.69, 9.17) is 4.74 Å². The molecule has 0 aliphatic heterocycles. The maximum Gasteiger partial charge on any atom is 0.310 e. The normalized spacial score (nSPS) is 12.2. The van der Waals surface area contributed by atoms with Crippen LogP contribution in [0.1, 0.15) is 35.3 Å². The van der Waals surface area contributed by atoms with Crippen LogP contribution >= 0.6 is 0 Å². The number of nitrogens with one attached hydrogen (secondary N) is 1. The number of ether oxygens (including phenoxy) is 1. The molecule has 2 aromatic rings. The molecule has 1 N–H and O–H groups in total. The number of amides is 1. The summed E-state index contributed by atoms with van der Waals surface area (Å²) in [6.45, 7) is 7.65. The van der Waals surface area contributed by atoms with Crippen LogP contribution in [0.15, 0.2) is 47.4 Å². The fourth-order valence-electron chi connectivity index (χ4n) is 3.05.